The quantitative estimate of drug-likeness (QED) is 0.773. The van der Waals surface area contributed by atoms with Crippen molar-refractivity contribution in [1.82, 2.24) is 5.32 Å². The van der Waals surface area contributed by atoms with Crippen LogP contribution in [0.25, 0.3) is 0 Å². The Hall–Kier alpha value is -0.970. The second-order valence-corrected chi connectivity index (χ2v) is 3.89. The summed E-state index contributed by atoms with van der Waals surface area (Å²) in [6, 6.07) is 6.39. The van der Waals surface area contributed by atoms with E-state index in [4.69, 9.17) is 11.6 Å². The van der Waals surface area contributed by atoms with Gasteiger partial charge in [0.05, 0.1) is 0 Å². The van der Waals surface area contributed by atoms with Crippen molar-refractivity contribution >= 4 is 11.6 Å². The van der Waals surface area contributed by atoms with Crippen LogP contribution in [0.15, 0.2) is 18.2 Å². The number of aryl methyl sites for hydroxylation is 1. The normalized spacial score (nSPS) is 11.7. The summed E-state index contributed by atoms with van der Waals surface area (Å²) in [6.07, 6.45) is 0.827. The number of hydrogen-bond donors (Lipinski definition) is 1. The van der Waals surface area contributed by atoms with Gasteiger partial charge >= 0.3 is 0 Å². The van der Waals surface area contributed by atoms with Crippen LogP contribution in [0.5, 0.6) is 0 Å². The van der Waals surface area contributed by atoms with E-state index in [1.54, 1.807) is 0 Å². The minimum atomic E-state index is 0.286. The highest BCUT2D eigenvalue weighted by Crippen LogP contribution is 2.22. The SMILES string of the molecule is CC#CCC(NC)c1ccc(Cl)c(C)c1. The molecule has 0 fully saturated rings. The van der Waals surface area contributed by atoms with Gasteiger partial charge in [-0.15, -0.1) is 11.8 Å². The van der Waals surface area contributed by atoms with Gasteiger partial charge in [-0.1, -0.05) is 23.7 Å². The molecule has 1 atom stereocenters. The van der Waals surface area contributed by atoms with Crippen LogP contribution in [-0.2, 0) is 0 Å². The van der Waals surface area contributed by atoms with Gasteiger partial charge in [0.15, 0.2) is 0 Å². The highest BCUT2D eigenvalue weighted by molar-refractivity contribution is 6.31. The van der Waals surface area contributed by atoms with Crippen LogP contribution in [0.2, 0.25) is 5.02 Å². The molecular formula is C13H16ClN. The number of halogens is 1. The molecule has 0 spiro atoms. The number of benzene rings is 1. The smallest absolute Gasteiger partial charge is 0.0435 e. The van der Waals surface area contributed by atoms with E-state index < -0.39 is 0 Å². The maximum absolute atomic E-state index is 5.98. The summed E-state index contributed by atoms with van der Waals surface area (Å²) >= 11 is 5.98. The average Bonchev–Trinajstić information content (AvgIpc) is 2.24. The summed E-state index contributed by atoms with van der Waals surface area (Å²) in [4.78, 5) is 0. The molecule has 1 rings (SSSR count). The van der Waals surface area contributed by atoms with Crippen molar-refractivity contribution in [2.45, 2.75) is 26.3 Å². The Morgan fingerprint density at radius 1 is 1.47 bits per heavy atom. The third kappa shape index (κ3) is 3.27. The molecule has 0 saturated heterocycles. The van der Waals surface area contributed by atoms with E-state index in [-0.39, 0.29) is 6.04 Å². The summed E-state index contributed by atoms with van der Waals surface area (Å²) in [7, 11) is 1.95. The molecule has 0 aliphatic rings. The fourth-order valence-corrected chi connectivity index (χ4v) is 1.59. The third-order valence-corrected chi connectivity index (χ3v) is 2.84. The zero-order valence-electron chi connectivity index (χ0n) is 9.39. The predicted molar refractivity (Wildman–Crippen MR) is 66.1 cm³/mol. The number of hydrogen-bond acceptors (Lipinski definition) is 1. The average molecular weight is 222 g/mol. The Labute approximate surface area is 96.8 Å². The molecule has 15 heavy (non-hydrogen) atoms. The monoisotopic (exact) mass is 221 g/mol. The summed E-state index contributed by atoms with van der Waals surface area (Å²) in [5, 5.41) is 4.07. The van der Waals surface area contributed by atoms with Crippen molar-refractivity contribution in [3.8, 4) is 11.8 Å². The van der Waals surface area contributed by atoms with Gasteiger partial charge in [-0.2, -0.15) is 0 Å². The predicted octanol–water partition coefficient (Wildman–Crippen LogP) is 3.32. The van der Waals surface area contributed by atoms with E-state index in [1.807, 2.05) is 33.0 Å². The Balaban J connectivity index is 2.90. The minimum absolute atomic E-state index is 0.286. The van der Waals surface area contributed by atoms with Crippen LogP contribution in [-0.4, -0.2) is 7.05 Å². The minimum Gasteiger partial charge on any atom is -0.312 e. The lowest BCUT2D eigenvalue weighted by atomic mass is 10.0. The van der Waals surface area contributed by atoms with Gasteiger partial charge in [-0.3, -0.25) is 0 Å². The molecule has 1 aromatic rings. The molecule has 0 aromatic heterocycles. The van der Waals surface area contributed by atoms with E-state index in [9.17, 15) is 0 Å². The zero-order chi connectivity index (χ0) is 11.3. The van der Waals surface area contributed by atoms with E-state index in [1.165, 1.54) is 5.56 Å². The molecule has 1 nitrogen and oxygen atoms in total. The molecule has 0 aliphatic heterocycles. The van der Waals surface area contributed by atoms with Crippen molar-refractivity contribution in [1.29, 1.82) is 0 Å². The first kappa shape index (κ1) is 12.1. The molecule has 1 N–H and O–H groups in total. The van der Waals surface area contributed by atoms with Crippen molar-refractivity contribution in [2.24, 2.45) is 0 Å². The zero-order valence-corrected chi connectivity index (χ0v) is 10.2. The fraction of sp³-hybridized carbons (Fsp3) is 0.385. The first-order valence-corrected chi connectivity index (χ1v) is 5.39. The molecule has 2 heteroatoms. The lowest BCUT2D eigenvalue weighted by Gasteiger charge is -2.14. The van der Waals surface area contributed by atoms with E-state index >= 15 is 0 Å². The van der Waals surface area contributed by atoms with Gasteiger partial charge in [-0.25, -0.2) is 0 Å². The highest BCUT2D eigenvalue weighted by atomic mass is 35.5. The summed E-state index contributed by atoms with van der Waals surface area (Å²) in [6.45, 7) is 3.88. The largest absolute Gasteiger partial charge is 0.312 e. The second kappa shape index (κ2) is 5.80. The van der Waals surface area contributed by atoms with Crippen molar-refractivity contribution in [2.75, 3.05) is 7.05 Å². The first-order valence-electron chi connectivity index (χ1n) is 5.02. The molecule has 0 aliphatic carbocycles. The fourth-order valence-electron chi connectivity index (χ4n) is 1.48. The summed E-state index contributed by atoms with van der Waals surface area (Å²) < 4.78 is 0. The van der Waals surface area contributed by atoms with E-state index in [0.29, 0.717) is 0 Å². The number of rotatable bonds is 3. The van der Waals surface area contributed by atoms with Gasteiger partial charge in [0, 0.05) is 17.5 Å². The molecule has 1 unspecified atom stereocenters. The maximum atomic E-state index is 5.98. The Morgan fingerprint density at radius 2 is 2.20 bits per heavy atom. The maximum Gasteiger partial charge on any atom is 0.0435 e. The molecule has 0 radical (unpaired) electrons. The Morgan fingerprint density at radius 3 is 2.73 bits per heavy atom. The van der Waals surface area contributed by atoms with Crippen LogP contribution in [0.3, 0.4) is 0 Å². The molecule has 0 heterocycles. The molecule has 0 bridgehead atoms. The van der Waals surface area contributed by atoms with Crippen molar-refractivity contribution < 1.29 is 0 Å². The topological polar surface area (TPSA) is 12.0 Å². The second-order valence-electron chi connectivity index (χ2n) is 3.48. The van der Waals surface area contributed by atoms with Crippen LogP contribution in [0, 0.1) is 18.8 Å². The van der Waals surface area contributed by atoms with Gasteiger partial charge in [0.25, 0.3) is 0 Å². The van der Waals surface area contributed by atoms with Gasteiger partial charge < -0.3 is 5.32 Å². The van der Waals surface area contributed by atoms with Gasteiger partial charge in [-0.05, 0) is 38.1 Å². The van der Waals surface area contributed by atoms with Crippen LogP contribution < -0.4 is 5.32 Å². The van der Waals surface area contributed by atoms with Gasteiger partial charge in [0.2, 0.25) is 0 Å². The lowest BCUT2D eigenvalue weighted by molar-refractivity contribution is 0.611. The lowest BCUT2D eigenvalue weighted by Crippen LogP contribution is -2.15. The van der Waals surface area contributed by atoms with E-state index in [0.717, 1.165) is 17.0 Å². The Kier molecular flexibility index (Phi) is 4.68. The van der Waals surface area contributed by atoms with Gasteiger partial charge in [0.1, 0.15) is 0 Å². The molecule has 0 saturated carbocycles. The summed E-state index contributed by atoms with van der Waals surface area (Å²) in [5.41, 5.74) is 2.35. The van der Waals surface area contributed by atoms with E-state index in [2.05, 4.69) is 23.2 Å². The van der Waals surface area contributed by atoms with Crippen molar-refractivity contribution in [3.05, 3.63) is 34.3 Å². The summed E-state index contributed by atoms with van der Waals surface area (Å²) in [5.74, 6) is 6.00. The van der Waals surface area contributed by atoms with Crippen LogP contribution in [0.4, 0.5) is 0 Å². The van der Waals surface area contributed by atoms with Crippen LogP contribution in [0.1, 0.15) is 30.5 Å². The molecule has 80 valence electrons. The van der Waals surface area contributed by atoms with Crippen molar-refractivity contribution in [3.63, 3.8) is 0 Å². The highest BCUT2D eigenvalue weighted by Gasteiger charge is 2.08. The first-order chi connectivity index (χ1) is 7.19. The molecule has 0 amide bonds. The Bertz CT molecular complexity index is 387. The third-order valence-electron chi connectivity index (χ3n) is 2.42. The molecule has 1 aromatic carbocycles. The molecular weight excluding hydrogens is 206 g/mol. The number of nitrogens with one attached hydrogen (secondary N) is 1. The van der Waals surface area contributed by atoms with Crippen LogP contribution >= 0.6 is 11.6 Å². The standard InChI is InChI=1S/C13H16ClN/c1-4-5-6-13(15-3)11-7-8-12(14)10(2)9-11/h7-9,13,15H,6H2,1-3H3.